The Bertz CT molecular complexity index is 899. The Balaban J connectivity index is 1.47. The van der Waals surface area contributed by atoms with Crippen LogP contribution < -0.4 is 5.32 Å². The van der Waals surface area contributed by atoms with E-state index in [1.165, 1.54) is 0 Å². The molecular formula is C20H24N4O3. The molecule has 7 heteroatoms. The number of nitrogens with one attached hydrogen (secondary N) is 1. The van der Waals surface area contributed by atoms with Crippen molar-refractivity contribution in [3.05, 3.63) is 42.0 Å². The van der Waals surface area contributed by atoms with Crippen molar-refractivity contribution in [2.45, 2.75) is 45.1 Å². The van der Waals surface area contributed by atoms with Gasteiger partial charge in [-0.2, -0.15) is 0 Å². The fourth-order valence-electron chi connectivity index (χ4n) is 3.80. The smallest absolute Gasteiger partial charge is 0.242 e. The molecule has 2 atom stereocenters. The van der Waals surface area contributed by atoms with Crippen molar-refractivity contribution in [2.75, 3.05) is 18.4 Å². The van der Waals surface area contributed by atoms with Crippen molar-refractivity contribution in [1.82, 2.24) is 15.0 Å². The summed E-state index contributed by atoms with van der Waals surface area (Å²) in [7, 11) is 0. The largest absolute Gasteiger partial charge is 0.440 e. The first-order valence-corrected chi connectivity index (χ1v) is 9.47. The van der Waals surface area contributed by atoms with Gasteiger partial charge in [0.1, 0.15) is 11.3 Å². The SMILES string of the molecule is CC[C@@H](C(=O)Nc1cc(C)on1)N1CCC[C@H](c2nc3ccccc3o2)C1. The first-order chi connectivity index (χ1) is 13.1. The van der Waals surface area contributed by atoms with Crippen molar-refractivity contribution < 1.29 is 13.7 Å². The first-order valence-electron chi connectivity index (χ1n) is 9.47. The van der Waals surface area contributed by atoms with Gasteiger partial charge in [0, 0.05) is 18.5 Å². The molecule has 0 aliphatic carbocycles. The Morgan fingerprint density at radius 1 is 1.41 bits per heavy atom. The van der Waals surface area contributed by atoms with Crippen molar-refractivity contribution in [3.8, 4) is 0 Å². The van der Waals surface area contributed by atoms with E-state index >= 15 is 0 Å². The predicted octanol–water partition coefficient (Wildman–Crippen LogP) is 3.72. The molecule has 27 heavy (non-hydrogen) atoms. The Kier molecular flexibility index (Phi) is 4.94. The Labute approximate surface area is 157 Å². The van der Waals surface area contributed by atoms with Crippen LogP contribution in [0.4, 0.5) is 5.82 Å². The van der Waals surface area contributed by atoms with Crippen LogP contribution in [-0.4, -0.2) is 40.1 Å². The van der Waals surface area contributed by atoms with Crippen LogP contribution in [0, 0.1) is 6.92 Å². The summed E-state index contributed by atoms with van der Waals surface area (Å²) < 4.78 is 11.0. The van der Waals surface area contributed by atoms with Gasteiger partial charge in [-0.1, -0.05) is 24.2 Å². The second kappa shape index (κ2) is 7.52. The zero-order valence-electron chi connectivity index (χ0n) is 15.6. The van der Waals surface area contributed by atoms with Crippen LogP contribution in [-0.2, 0) is 4.79 Å². The first kappa shape index (κ1) is 17.7. The topological polar surface area (TPSA) is 84.4 Å². The number of piperidine rings is 1. The van der Waals surface area contributed by atoms with Gasteiger partial charge in [0.2, 0.25) is 5.91 Å². The molecule has 3 aromatic rings. The average Bonchev–Trinajstić information content (AvgIpc) is 3.28. The lowest BCUT2D eigenvalue weighted by Gasteiger charge is -2.36. The minimum atomic E-state index is -0.214. The second-order valence-corrected chi connectivity index (χ2v) is 7.09. The fourth-order valence-corrected chi connectivity index (χ4v) is 3.80. The summed E-state index contributed by atoms with van der Waals surface area (Å²) in [4.78, 5) is 19.6. The highest BCUT2D eigenvalue weighted by Gasteiger charge is 2.32. The number of benzene rings is 1. The number of oxazole rings is 1. The maximum absolute atomic E-state index is 12.8. The van der Waals surface area contributed by atoms with Crippen LogP contribution in [0.3, 0.4) is 0 Å². The molecule has 0 saturated carbocycles. The zero-order chi connectivity index (χ0) is 18.8. The van der Waals surface area contributed by atoms with Gasteiger partial charge >= 0.3 is 0 Å². The molecule has 1 saturated heterocycles. The third-order valence-corrected chi connectivity index (χ3v) is 5.12. The number of aromatic nitrogens is 2. The third-order valence-electron chi connectivity index (χ3n) is 5.12. The van der Waals surface area contributed by atoms with Gasteiger partial charge in [0.15, 0.2) is 17.3 Å². The number of anilines is 1. The quantitative estimate of drug-likeness (QED) is 0.739. The summed E-state index contributed by atoms with van der Waals surface area (Å²) in [6, 6.07) is 9.33. The summed E-state index contributed by atoms with van der Waals surface area (Å²) in [5.41, 5.74) is 1.70. The molecule has 2 aromatic heterocycles. The number of para-hydroxylation sites is 2. The summed E-state index contributed by atoms with van der Waals surface area (Å²) in [6.45, 7) is 5.48. The normalized spacial score (nSPS) is 19.3. The van der Waals surface area contributed by atoms with E-state index in [2.05, 4.69) is 20.4 Å². The second-order valence-electron chi connectivity index (χ2n) is 7.09. The van der Waals surface area contributed by atoms with E-state index in [9.17, 15) is 4.79 Å². The van der Waals surface area contributed by atoms with E-state index in [0.717, 1.165) is 49.3 Å². The molecule has 142 valence electrons. The molecule has 3 heterocycles. The van der Waals surface area contributed by atoms with E-state index in [1.54, 1.807) is 13.0 Å². The van der Waals surface area contributed by atoms with Crippen molar-refractivity contribution >= 4 is 22.8 Å². The number of amides is 1. The van der Waals surface area contributed by atoms with Crippen molar-refractivity contribution in [1.29, 1.82) is 0 Å². The lowest BCUT2D eigenvalue weighted by molar-refractivity contribution is -0.122. The van der Waals surface area contributed by atoms with Gasteiger partial charge in [0.05, 0.1) is 6.04 Å². The van der Waals surface area contributed by atoms with Gasteiger partial charge in [-0.05, 0) is 44.9 Å². The molecule has 1 aliphatic heterocycles. The van der Waals surface area contributed by atoms with Crippen LogP contribution in [0.2, 0.25) is 0 Å². The van der Waals surface area contributed by atoms with Crippen LogP contribution in [0.1, 0.15) is 43.8 Å². The molecule has 4 rings (SSSR count). The lowest BCUT2D eigenvalue weighted by Crippen LogP contribution is -2.48. The number of hydrogen-bond acceptors (Lipinski definition) is 6. The summed E-state index contributed by atoms with van der Waals surface area (Å²) in [6.07, 6.45) is 2.75. The predicted molar refractivity (Wildman–Crippen MR) is 102 cm³/mol. The molecule has 1 fully saturated rings. The van der Waals surface area contributed by atoms with Gasteiger partial charge in [-0.15, -0.1) is 0 Å². The highest BCUT2D eigenvalue weighted by atomic mass is 16.5. The molecule has 1 aliphatic rings. The van der Waals surface area contributed by atoms with Crippen LogP contribution in [0.25, 0.3) is 11.1 Å². The number of fused-ring (bicyclic) bond motifs is 1. The number of carbonyl (C=O) groups excluding carboxylic acids is 1. The number of nitrogens with zero attached hydrogens (tertiary/aromatic N) is 3. The van der Waals surface area contributed by atoms with Gasteiger partial charge < -0.3 is 14.3 Å². The molecule has 1 aromatic carbocycles. The molecule has 1 N–H and O–H groups in total. The molecule has 1 amide bonds. The van der Waals surface area contributed by atoms with Gasteiger partial charge in [-0.3, -0.25) is 9.69 Å². The molecular weight excluding hydrogens is 344 g/mol. The standard InChI is InChI=1S/C20H24N4O3/c1-3-16(19(25)22-18-11-13(2)27-23-18)24-10-6-7-14(12-24)20-21-15-8-4-5-9-17(15)26-20/h4-5,8-9,11,14,16H,3,6-7,10,12H2,1-2H3,(H,22,23,25)/t14-,16-/m0/s1. The van der Waals surface area contributed by atoms with Gasteiger partial charge in [0.25, 0.3) is 0 Å². The molecule has 0 unspecified atom stereocenters. The minimum Gasteiger partial charge on any atom is -0.440 e. The summed E-state index contributed by atoms with van der Waals surface area (Å²) >= 11 is 0. The Morgan fingerprint density at radius 3 is 3.00 bits per heavy atom. The Morgan fingerprint density at radius 2 is 2.26 bits per heavy atom. The maximum atomic E-state index is 12.8. The number of hydrogen-bond donors (Lipinski definition) is 1. The highest BCUT2D eigenvalue weighted by Crippen LogP contribution is 2.30. The zero-order valence-corrected chi connectivity index (χ0v) is 15.6. The number of rotatable bonds is 5. The van der Waals surface area contributed by atoms with Crippen molar-refractivity contribution in [3.63, 3.8) is 0 Å². The number of likely N-dealkylation sites (tertiary alicyclic amines) is 1. The van der Waals surface area contributed by atoms with E-state index < -0.39 is 0 Å². The number of aryl methyl sites for hydroxylation is 1. The molecule has 0 radical (unpaired) electrons. The van der Waals surface area contributed by atoms with Crippen LogP contribution in [0.15, 0.2) is 39.3 Å². The molecule has 0 bridgehead atoms. The maximum Gasteiger partial charge on any atom is 0.242 e. The summed E-state index contributed by atoms with van der Waals surface area (Å²) in [5.74, 6) is 2.05. The molecule has 7 nitrogen and oxygen atoms in total. The van der Waals surface area contributed by atoms with Crippen molar-refractivity contribution in [2.24, 2.45) is 0 Å². The third kappa shape index (κ3) is 3.73. The van der Waals surface area contributed by atoms with Crippen LogP contribution >= 0.6 is 0 Å². The van der Waals surface area contributed by atoms with Crippen LogP contribution in [0.5, 0.6) is 0 Å². The lowest BCUT2D eigenvalue weighted by atomic mass is 9.96. The monoisotopic (exact) mass is 368 g/mol. The highest BCUT2D eigenvalue weighted by molar-refractivity contribution is 5.94. The minimum absolute atomic E-state index is 0.0518. The number of carbonyl (C=O) groups is 1. The average molecular weight is 368 g/mol. The van der Waals surface area contributed by atoms with E-state index in [0.29, 0.717) is 11.6 Å². The fraction of sp³-hybridized carbons (Fsp3) is 0.450. The van der Waals surface area contributed by atoms with E-state index in [4.69, 9.17) is 8.94 Å². The van der Waals surface area contributed by atoms with E-state index in [-0.39, 0.29) is 17.9 Å². The molecule has 0 spiro atoms. The van der Waals surface area contributed by atoms with Gasteiger partial charge in [-0.25, -0.2) is 4.98 Å². The summed E-state index contributed by atoms with van der Waals surface area (Å²) in [5, 5.41) is 6.72. The van der Waals surface area contributed by atoms with E-state index in [1.807, 2.05) is 31.2 Å². The Hall–Kier alpha value is -2.67.